The van der Waals surface area contributed by atoms with Crippen molar-refractivity contribution >= 4 is 17.7 Å². The van der Waals surface area contributed by atoms with Crippen molar-refractivity contribution in [1.29, 1.82) is 0 Å². The maximum absolute atomic E-state index is 4.78. The third kappa shape index (κ3) is 3.98. The van der Waals surface area contributed by atoms with E-state index in [0.29, 0.717) is 5.92 Å². The summed E-state index contributed by atoms with van der Waals surface area (Å²) >= 11 is -1.89. The summed E-state index contributed by atoms with van der Waals surface area (Å²) in [6.07, 6.45) is 3.28. The van der Waals surface area contributed by atoms with Gasteiger partial charge in [0.05, 0.1) is 0 Å². The molecule has 0 amide bonds. The van der Waals surface area contributed by atoms with Gasteiger partial charge in [-0.1, -0.05) is 0 Å². The summed E-state index contributed by atoms with van der Waals surface area (Å²) in [5, 5.41) is 0. The van der Waals surface area contributed by atoms with Crippen LogP contribution in [0.25, 0.3) is 11.3 Å². The third-order valence-electron chi connectivity index (χ3n) is 3.93. The summed E-state index contributed by atoms with van der Waals surface area (Å²) in [6.45, 7) is 8.68. The number of aryl methyl sites for hydroxylation is 2. The molecule has 0 saturated carbocycles. The van der Waals surface area contributed by atoms with Gasteiger partial charge >= 0.3 is 138 Å². The predicted molar refractivity (Wildman–Crippen MR) is 98.5 cm³/mol. The topological polar surface area (TPSA) is 25.8 Å². The van der Waals surface area contributed by atoms with E-state index in [0.717, 1.165) is 29.1 Å². The van der Waals surface area contributed by atoms with E-state index in [4.69, 9.17) is 4.98 Å². The average molecular weight is 357 g/mol. The molecule has 0 spiro atoms. The van der Waals surface area contributed by atoms with Crippen molar-refractivity contribution < 1.29 is 0 Å². The second kappa shape index (κ2) is 6.53. The van der Waals surface area contributed by atoms with E-state index in [1.54, 1.807) is 0 Å². The van der Waals surface area contributed by atoms with Crippen LogP contribution < -0.4 is 4.40 Å². The number of aromatic nitrogens is 2. The van der Waals surface area contributed by atoms with Crippen molar-refractivity contribution in [2.45, 2.75) is 51.4 Å². The summed E-state index contributed by atoms with van der Waals surface area (Å²) < 4.78 is 1.54. The Morgan fingerprint density at radius 2 is 1.77 bits per heavy atom. The fraction of sp³-hybridized carbons (Fsp3) is 0.474. The zero-order valence-electron chi connectivity index (χ0n) is 15.0. The number of pyridine rings is 2. The van der Waals surface area contributed by atoms with Crippen LogP contribution in [0.4, 0.5) is 0 Å². The SMILES string of the molecule is Cc1ccc(-c2cc(CC(C)C)[c]([Ge]([CH3])([CH3])[CH3])cn2)c(C)n1. The van der Waals surface area contributed by atoms with Gasteiger partial charge < -0.3 is 0 Å². The van der Waals surface area contributed by atoms with Gasteiger partial charge in [-0.25, -0.2) is 0 Å². The Labute approximate surface area is 137 Å². The quantitative estimate of drug-likeness (QED) is 0.753. The van der Waals surface area contributed by atoms with E-state index >= 15 is 0 Å². The van der Waals surface area contributed by atoms with Crippen LogP contribution in [0.3, 0.4) is 0 Å². The molecule has 0 unspecified atom stereocenters. The molecule has 0 radical (unpaired) electrons. The average Bonchev–Trinajstić information content (AvgIpc) is 2.36. The van der Waals surface area contributed by atoms with Crippen molar-refractivity contribution in [3.8, 4) is 11.3 Å². The molecule has 0 aliphatic rings. The van der Waals surface area contributed by atoms with E-state index in [1.165, 1.54) is 9.96 Å². The van der Waals surface area contributed by atoms with Crippen LogP contribution in [-0.2, 0) is 6.42 Å². The first-order chi connectivity index (χ1) is 10.2. The Hall–Kier alpha value is -1.16. The maximum atomic E-state index is 4.78. The second-order valence-electron chi connectivity index (χ2n) is 7.66. The Morgan fingerprint density at radius 1 is 1.09 bits per heavy atom. The zero-order chi connectivity index (χ0) is 16.5. The molecule has 2 nitrogen and oxygen atoms in total. The van der Waals surface area contributed by atoms with Crippen LogP contribution in [0.15, 0.2) is 24.4 Å². The van der Waals surface area contributed by atoms with E-state index in [-0.39, 0.29) is 0 Å². The van der Waals surface area contributed by atoms with Gasteiger partial charge in [-0.2, -0.15) is 0 Å². The number of hydrogen-bond donors (Lipinski definition) is 0. The fourth-order valence-corrected chi connectivity index (χ4v) is 6.22. The van der Waals surface area contributed by atoms with Gasteiger partial charge in [-0.05, 0) is 0 Å². The van der Waals surface area contributed by atoms with Crippen LogP contribution in [0.5, 0.6) is 0 Å². The summed E-state index contributed by atoms with van der Waals surface area (Å²) in [5.41, 5.74) is 5.84. The van der Waals surface area contributed by atoms with Crippen LogP contribution >= 0.6 is 0 Å². The summed E-state index contributed by atoms with van der Waals surface area (Å²) in [4.78, 5) is 9.36. The monoisotopic (exact) mass is 358 g/mol. The third-order valence-corrected chi connectivity index (χ3v) is 8.26. The molecule has 0 saturated heterocycles. The van der Waals surface area contributed by atoms with Gasteiger partial charge in [0.15, 0.2) is 0 Å². The molecular weight excluding hydrogens is 329 g/mol. The molecule has 0 bridgehead atoms. The molecule has 0 aromatic carbocycles. The fourth-order valence-electron chi connectivity index (χ4n) is 2.89. The summed E-state index contributed by atoms with van der Waals surface area (Å²) in [6, 6.07) is 6.53. The Balaban J connectivity index is 2.55. The minimum atomic E-state index is -1.89. The van der Waals surface area contributed by atoms with Gasteiger partial charge in [0.1, 0.15) is 0 Å². The van der Waals surface area contributed by atoms with Gasteiger partial charge in [-0.3, -0.25) is 0 Å². The van der Waals surface area contributed by atoms with Gasteiger partial charge in [0.25, 0.3) is 0 Å². The molecule has 2 rings (SSSR count). The molecule has 0 atom stereocenters. The van der Waals surface area contributed by atoms with Crippen molar-refractivity contribution in [1.82, 2.24) is 9.97 Å². The van der Waals surface area contributed by atoms with Crippen molar-refractivity contribution in [3.05, 3.63) is 41.3 Å². The van der Waals surface area contributed by atoms with Crippen LogP contribution in [-0.4, -0.2) is 23.2 Å². The Morgan fingerprint density at radius 3 is 2.32 bits per heavy atom. The predicted octanol–water partition coefficient (Wildman–Crippen LogP) is 4.50. The van der Waals surface area contributed by atoms with Crippen molar-refractivity contribution in [2.75, 3.05) is 0 Å². The molecule has 22 heavy (non-hydrogen) atoms. The minimum absolute atomic E-state index is 0.663. The second-order valence-corrected chi connectivity index (χ2v) is 18.2. The first kappa shape index (κ1) is 17.2. The molecule has 0 aliphatic carbocycles. The number of rotatable bonds is 4. The zero-order valence-corrected chi connectivity index (χ0v) is 17.1. The van der Waals surface area contributed by atoms with Gasteiger partial charge in [0.2, 0.25) is 0 Å². The van der Waals surface area contributed by atoms with Gasteiger partial charge in [-0.15, -0.1) is 0 Å². The molecule has 3 heteroatoms. The number of hydrogen-bond acceptors (Lipinski definition) is 2. The summed E-state index contributed by atoms with van der Waals surface area (Å²) in [5.74, 6) is 7.99. The molecule has 2 heterocycles. The molecular formula is C19H28GeN2. The first-order valence-corrected chi connectivity index (χ1v) is 15.5. The van der Waals surface area contributed by atoms with Crippen LogP contribution in [0, 0.1) is 19.8 Å². The number of nitrogens with zero attached hydrogens (tertiary/aromatic N) is 2. The molecule has 0 aliphatic heterocycles. The van der Waals surface area contributed by atoms with Crippen molar-refractivity contribution in [3.63, 3.8) is 0 Å². The molecule has 2 aromatic heterocycles. The van der Waals surface area contributed by atoms with Crippen molar-refractivity contribution in [2.24, 2.45) is 5.92 Å². The first-order valence-electron chi connectivity index (χ1n) is 8.12. The van der Waals surface area contributed by atoms with Crippen LogP contribution in [0.1, 0.15) is 30.8 Å². The molecule has 118 valence electrons. The van der Waals surface area contributed by atoms with Gasteiger partial charge in [0, 0.05) is 0 Å². The van der Waals surface area contributed by atoms with E-state index in [9.17, 15) is 0 Å². The van der Waals surface area contributed by atoms with E-state index in [1.807, 2.05) is 6.92 Å². The molecule has 0 fully saturated rings. The Kier molecular flexibility index (Phi) is 5.11. The van der Waals surface area contributed by atoms with E-state index in [2.05, 4.69) is 67.4 Å². The summed E-state index contributed by atoms with van der Waals surface area (Å²) in [7, 11) is 0. The molecule has 2 aromatic rings. The Bertz CT molecular complexity index is 670. The normalized spacial score (nSPS) is 12.0. The molecule has 0 N–H and O–H groups in total. The van der Waals surface area contributed by atoms with Crippen LogP contribution in [0.2, 0.25) is 17.3 Å². The standard InChI is InChI=1S/C19H28GeN2/c1-13(2)10-16-11-19(21-12-18(16)20(5,6)7)17-9-8-14(3)22-15(17)4/h8-9,11-13H,10H2,1-7H3. The van der Waals surface area contributed by atoms with E-state index < -0.39 is 13.3 Å².